The van der Waals surface area contributed by atoms with Crippen LogP contribution >= 0.6 is 11.9 Å². The molecule has 0 spiro atoms. The number of rotatable bonds is 6. The molecule has 3 aromatic rings. The molecule has 5 rings (SSSR count). The smallest absolute Gasteiger partial charge is 0.0487 e. The summed E-state index contributed by atoms with van der Waals surface area (Å²) in [5.41, 5.74) is 5.79. The van der Waals surface area contributed by atoms with Crippen LogP contribution in [0.15, 0.2) is 53.4 Å². The first-order chi connectivity index (χ1) is 15.2. The van der Waals surface area contributed by atoms with Gasteiger partial charge in [-0.05, 0) is 67.1 Å². The average molecular weight is 436 g/mol. The third-order valence-corrected chi connectivity index (χ3v) is 7.74. The van der Waals surface area contributed by atoms with Gasteiger partial charge in [-0.3, -0.25) is 4.90 Å². The van der Waals surface area contributed by atoms with Crippen LogP contribution in [0.5, 0.6) is 0 Å². The Hall–Kier alpha value is -1.95. The highest BCUT2D eigenvalue weighted by Crippen LogP contribution is 2.36. The second-order valence-corrected chi connectivity index (χ2v) is 9.95. The number of ether oxygens (including phenoxy) is 1. The topological polar surface area (TPSA) is 20.6 Å². The molecule has 0 amide bonds. The van der Waals surface area contributed by atoms with E-state index in [1.54, 1.807) is 23.2 Å². The quantitative estimate of drug-likeness (QED) is 0.461. The minimum atomic E-state index is 0.672. The van der Waals surface area contributed by atoms with E-state index in [1.807, 2.05) is 0 Å². The molecule has 0 N–H and O–H groups in total. The zero-order chi connectivity index (χ0) is 21.2. The van der Waals surface area contributed by atoms with Gasteiger partial charge in [0, 0.05) is 79.5 Å². The summed E-state index contributed by atoms with van der Waals surface area (Å²) in [6.07, 6.45) is 4.67. The predicted octanol–water partition coefficient (Wildman–Crippen LogP) is 5.73. The molecular weight excluding hydrogens is 402 g/mol. The maximum absolute atomic E-state index is 5.62. The molecule has 2 aromatic carbocycles. The first-order valence-corrected chi connectivity index (χ1v) is 12.4. The second-order valence-electron chi connectivity index (χ2n) is 8.74. The van der Waals surface area contributed by atoms with Crippen molar-refractivity contribution in [3.05, 3.63) is 59.8 Å². The molecule has 0 aliphatic carbocycles. The second kappa shape index (κ2) is 9.27. The number of nitrogens with zero attached hydrogens (tertiary/aromatic N) is 3. The Morgan fingerprint density at radius 3 is 2.68 bits per heavy atom. The summed E-state index contributed by atoms with van der Waals surface area (Å²) in [5.74, 6) is 0. The Labute approximate surface area is 190 Å². The highest BCUT2D eigenvalue weighted by atomic mass is 32.2. The normalized spacial score (nSPS) is 17.7. The average Bonchev–Trinajstić information content (AvgIpc) is 3.13. The summed E-state index contributed by atoms with van der Waals surface area (Å²) >= 11 is 1.79. The van der Waals surface area contributed by atoms with Gasteiger partial charge in [0.15, 0.2) is 0 Å². The molecule has 0 saturated carbocycles. The van der Waals surface area contributed by atoms with Crippen LogP contribution in [0.25, 0.3) is 10.9 Å². The zero-order valence-corrected chi connectivity index (χ0v) is 19.5. The fourth-order valence-electron chi connectivity index (χ4n) is 5.19. The minimum absolute atomic E-state index is 0.672. The summed E-state index contributed by atoms with van der Waals surface area (Å²) in [6.45, 7) is 7.47. The Bertz CT molecular complexity index is 1030. The van der Waals surface area contributed by atoms with Gasteiger partial charge in [0.2, 0.25) is 0 Å². The number of anilines is 1. The van der Waals surface area contributed by atoms with Gasteiger partial charge in [-0.15, -0.1) is 0 Å². The lowest BCUT2D eigenvalue weighted by Crippen LogP contribution is -2.42. The van der Waals surface area contributed by atoms with Crippen molar-refractivity contribution in [1.29, 1.82) is 0 Å². The standard InChI is InChI=1S/C26H33N3OS/c1-3-14-29-25-10-9-21(27(2)31-22-7-5-4-6-8-22)18-23(25)24-19-28(15-11-26(24)29)20-12-16-30-17-13-20/h4-10,18,20H,3,11-17,19H2,1-2H3. The van der Waals surface area contributed by atoms with Crippen LogP contribution in [0.1, 0.15) is 37.4 Å². The number of aryl methyl sites for hydroxylation is 1. The molecule has 164 valence electrons. The highest BCUT2D eigenvalue weighted by molar-refractivity contribution is 8.00. The first-order valence-electron chi connectivity index (χ1n) is 11.7. The Balaban J connectivity index is 1.48. The van der Waals surface area contributed by atoms with Crippen LogP contribution in [0.2, 0.25) is 0 Å². The van der Waals surface area contributed by atoms with Crippen LogP contribution in [0.3, 0.4) is 0 Å². The molecule has 2 aliphatic rings. The fourth-order valence-corrected chi connectivity index (χ4v) is 6.00. The molecule has 2 aliphatic heterocycles. The molecule has 31 heavy (non-hydrogen) atoms. The van der Waals surface area contributed by atoms with E-state index in [1.165, 1.54) is 47.3 Å². The SMILES string of the molecule is CCCn1c2c(c3cc(N(C)Sc4ccccc4)ccc31)CN(C1CCOCC1)CC2. The van der Waals surface area contributed by atoms with Crippen molar-refractivity contribution in [1.82, 2.24) is 9.47 Å². The summed E-state index contributed by atoms with van der Waals surface area (Å²) in [4.78, 5) is 3.98. The first kappa shape index (κ1) is 20.9. The van der Waals surface area contributed by atoms with Crippen LogP contribution in [-0.2, 0) is 24.2 Å². The Kier molecular flexibility index (Phi) is 6.26. The Morgan fingerprint density at radius 2 is 1.90 bits per heavy atom. The van der Waals surface area contributed by atoms with Gasteiger partial charge < -0.3 is 13.6 Å². The third-order valence-electron chi connectivity index (χ3n) is 6.77. The Morgan fingerprint density at radius 1 is 1.10 bits per heavy atom. The molecular formula is C26H33N3OS. The zero-order valence-electron chi connectivity index (χ0n) is 18.7. The van der Waals surface area contributed by atoms with E-state index in [-0.39, 0.29) is 0 Å². The number of aromatic nitrogens is 1. The van der Waals surface area contributed by atoms with Crippen LogP contribution in [0, 0.1) is 0 Å². The summed E-state index contributed by atoms with van der Waals surface area (Å²) in [5, 5.41) is 1.44. The van der Waals surface area contributed by atoms with Crippen LogP contribution in [-0.4, -0.2) is 42.3 Å². The van der Waals surface area contributed by atoms with E-state index in [0.717, 1.165) is 32.7 Å². The summed E-state index contributed by atoms with van der Waals surface area (Å²) < 4.78 is 10.5. The van der Waals surface area contributed by atoms with E-state index < -0.39 is 0 Å². The van der Waals surface area contributed by atoms with Crippen molar-refractivity contribution in [2.75, 3.05) is 31.1 Å². The molecule has 1 saturated heterocycles. The fraction of sp³-hybridized carbons (Fsp3) is 0.462. The molecule has 0 radical (unpaired) electrons. The van der Waals surface area contributed by atoms with Crippen molar-refractivity contribution in [3.8, 4) is 0 Å². The monoisotopic (exact) mass is 435 g/mol. The maximum Gasteiger partial charge on any atom is 0.0487 e. The minimum Gasteiger partial charge on any atom is -0.381 e. The lowest BCUT2D eigenvalue weighted by atomic mass is 9.99. The van der Waals surface area contributed by atoms with Gasteiger partial charge >= 0.3 is 0 Å². The number of hydrogen-bond donors (Lipinski definition) is 0. The van der Waals surface area contributed by atoms with Crippen molar-refractivity contribution in [2.45, 2.75) is 56.6 Å². The van der Waals surface area contributed by atoms with Gasteiger partial charge in [0.25, 0.3) is 0 Å². The van der Waals surface area contributed by atoms with E-state index in [9.17, 15) is 0 Å². The van der Waals surface area contributed by atoms with Crippen molar-refractivity contribution >= 4 is 28.5 Å². The van der Waals surface area contributed by atoms with Gasteiger partial charge in [-0.2, -0.15) is 0 Å². The highest BCUT2D eigenvalue weighted by Gasteiger charge is 2.29. The molecule has 1 fully saturated rings. The predicted molar refractivity (Wildman–Crippen MR) is 131 cm³/mol. The van der Waals surface area contributed by atoms with E-state index >= 15 is 0 Å². The maximum atomic E-state index is 5.62. The molecule has 4 nitrogen and oxygen atoms in total. The molecule has 5 heteroatoms. The molecule has 0 atom stereocenters. The van der Waals surface area contributed by atoms with E-state index in [0.29, 0.717) is 6.04 Å². The van der Waals surface area contributed by atoms with Crippen LogP contribution < -0.4 is 4.31 Å². The van der Waals surface area contributed by atoms with Gasteiger partial charge in [-0.1, -0.05) is 25.1 Å². The summed E-state index contributed by atoms with van der Waals surface area (Å²) in [7, 11) is 2.17. The van der Waals surface area contributed by atoms with Gasteiger partial charge in [0.1, 0.15) is 0 Å². The summed E-state index contributed by atoms with van der Waals surface area (Å²) in [6, 6.07) is 18.3. The van der Waals surface area contributed by atoms with Crippen molar-refractivity contribution in [3.63, 3.8) is 0 Å². The van der Waals surface area contributed by atoms with E-state index in [2.05, 4.69) is 76.3 Å². The lowest BCUT2D eigenvalue weighted by molar-refractivity contribution is 0.0289. The molecule has 0 bridgehead atoms. The number of fused-ring (bicyclic) bond motifs is 3. The lowest BCUT2D eigenvalue weighted by Gasteiger charge is -2.37. The van der Waals surface area contributed by atoms with Gasteiger partial charge in [0.05, 0.1) is 0 Å². The van der Waals surface area contributed by atoms with Crippen molar-refractivity contribution < 1.29 is 4.74 Å². The van der Waals surface area contributed by atoms with E-state index in [4.69, 9.17) is 4.74 Å². The molecule has 3 heterocycles. The largest absolute Gasteiger partial charge is 0.381 e. The molecule has 1 aromatic heterocycles. The third kappa shape index (κ3) is 4.23. The van der Waals surface area contributed by atoms with Crippen LogP contribution in [0.4, 0.5) is 5.69 Å². The van der Waals surface area contributed by atoms with Gasteiger partial charge in [-0.25, -0.2) is 0 Å². The van der Waals surface area contributed by atoms with Crippen molar-refractivity contribution in [2.24, 2.45) is 0 Å². The number of hydrogen-bond acceptors (Lipinski definition) is 4. The molecule has 0 unspecified atom stereocenters. The number of benzene rings is 2.